The highest BCUT2D eigenvalue weighted by Gasteiger charge is 2.29. The molecule has 10 nitrogen and oxygen atoms in total. The summed E-state index contributed by atoms with van der Waals surface area (Å²) in [6.07, 6.45) is 1.98. The van der Waals surface area contributed by atoms with E-state index in [2.05, 4.69) is 20.4 Å². The van der Waals surface area contributed by atoms with Crippen molar-refractivity contribution >= 4 is 29.5 Å². The lowest BCUT2D eigenvalue weighted by Gasteiger charge is -2.38. The van der Waals surface area contributed by atoms with Crippen LogP contribution < -0.4 is 15.5 Å². The third kappa shape index (κ3) is 7.44. The third-order valence-corrected chi connectivity index (χ3v) is 7.20. The molecule has 1 aromatic carbocycles. The van der Waals surface area contributed by atoms with Crippen LogP contribution in [0.15, 0.2) is 24.3 Å². The number of likely N-dealkylation sites (tertiary alicyclic amines) is 1. The van der Waals surface area contributed by atoms with Gasteiger partial charge in [-0.05, 0) is 57.7 Å². The van der Waals surface area contributed by atoms with Gasteiger partial charge in [0.15, 0.2) is 0 Å². The summed E-state index contributed by atoms with van der Waals surface area (Å²) in [5.41, 5.74) is 1.51. The predicted molar refractivity (Wildman–Crippen MR) is 139 cm³/mol. The first-order valence-corrected chi connectivity index (χ1v) is 13.3. The summed E-state index contributed by atoms with van der Waals surface area (Å²) in [4.78, 5) is 54.8. The van der Waals surface area contributed by atoms with Gasteiger partial charge in [0.1, 0.15) is 5.60 Å². The SMILES string of the molecule is CC(C)(C)OC(=O)NC1CCN(C(=O)CN2CCN(c3ccc(C4CCC(=O)NC4=O)cc3)CC2)CC1. The lowest BCUT2D eigenvalue weighted by Crippen LogP contribution is -2.52. The molecule has 3 aliphatic heterocycles. The van der Waals surface area contributed by atoms with Crippen LogP contribution in [0.4, 0.5) is 10.5 Å². The van der Waals surface area contributed by atoms with Crippen LogP contribution in [0.2, 0.25) is 0 Å². The van der Waals surface area contributed by atoms with Gasteiger partial charge in [-0.1, -0.05) is 12.1 Å². The van der Waals surface area contributed by atoms with E-state index in [1.54, 1.807) is 0 Å². The molecule has 0 aliphatic carbocycles. The van der Waals surface area contributed by atoms with Crippen molar-refractivity contribution in [3.8, 4) is 0 Å². The molecule has 3 aliphatic rings. The molecule has 202 valence electrons. The van der Waals surface area contributed by atoms with Crippen molar-refractivity contribution < 1.29 is 23.9 Å². The summed E-state index contributed by atoms with van der Waals surface area (Å²) in [7, 11) is 0. The van der Waals surface area contributed by atoms with E-state index >= 15 is 0 Å². The number of rotatable bonds is 5. The molecule has 4 amide bonds. The Balaban J connectivity index is 1.18. The van der Waals surface area contributed by atoms with E-state index in [-0.39, 0.29) is 29.7 Å². The highest BCUT2D eigenvalue weighted by molar-refractivity contribution is 6.00. The van der Waals surface area contributed by atoms with Gasteiger partial charge in [-0.2, -0.15) is 0 Å². The molecular formula is C27H39N5O5. The van der Waals surface area contributed by atoms with Gasteiger partial charge in [0.2, 0.25) is 17.7 Å². The predicted octanol–water partition coefficient (Wildman–Crippen LogP) is 1.84. The number of anilines is 1. The molecule has 0 spiro atoms. The Kier molecular flexibility index (Phi) is 8.36. The molecule has 0 bridgehead atoms. The number of ether oxygens (including phenoxy) is 1. The first kappa shape index (κ1) is 26.9. The number of hydrogen-bond acceptors (Lipinski definition) is 7. The van der Waals surface area contributed by atoms with E-state index in [9.17, 15) is 19.2 Å². The number of nitrogens with one attached hydrogen (secondary N) is 2. The van der Waals surface area contributed by atoms with Crippen molar-refractivity contribution in [2.45, 2.75) is 64.0 Å². The van der Waals surface area contributed by atoms with E-state index in [0.29, 0.717) is 32.5 Å². The Labute approximate surface area is 218 Å². The van der Waals surface area contributed by atoms with E-state index in [1.807, 2.05) is 49.9 Å². The number of alkyl carbamates (subject to hydrolysis) is 1. The standard InChI is InChI=1S/C27H39N5O5/c1-27(2,3)37-26(36)28-20-10-12-32(13-11-20)24(34)18-30-14-16-31(17-15-30)21-6-4-19(5-7-21)22-8-9-23(33)29-25(22)35/h4-7,20,22H,8-18H2,1-3H3,(H,28,36)(H,29,33,35). The molecule has 10 heteroatoms. The highest BCUT2D eigenvalue weighted by Crippen LogP contribution is 2.27. The Morgan fingerprint density at radius 3 is 2.22 bits per heavy atom. The molecule has 1 unspecified atom stereocenters. The number of carbonyl (C=O) groups is 4. The number of hydrogen-bond donors (Lipinski definition) is 2. The number of imide groups is 1. The minimum absolute atomic E-state index is 0.0313. The molecule has 0 saturated carbocycles. The summed E-state index contributed by atoms with van der Waals surface area (Å²) in [5.74, 6) is -0.551. The van der Waals surface area contributed by atoms with Gasteiger partial charge in [-0.15, -0.1) is 0 Å². The lowest BCUT2D eigenvalue weighted by atomic mass is 9.90. The molecule has 4 rings (SSSR count). The maximum atomic E-state index is 12.9. The maximum absolute atomic E-state index is 12.9. The summed E-state index contributed by atoms with van der Waals surface area (Å²) in [5, 5.41) is 5.33. The van der Waals surface area contributed by atoms with Crippen LogP contribution in [0, 0.1) is 0 Å². The smallest absolute Gasteiger partial charge is 0.407 e. The van der Waals surface area contributed by atoms with Gasteiger partial charge in [0, 0.05) is 57.4 Å². The zero-order chi connectivity index (χ0) is 26.6. The van der Waals surface area contributed by atoms with Crippen molar-refractivity contribution in [2.24, 2.45) is 0 Å². The number of carbonyl (C=O) groups excluding carboxylic acids is 4. The van der Waals surface area contributed by atoms with E-state index in [4.69, 9.17) is 4.74 Å². The van der Waals surface area contributed by atoms with Crippen molar-refractivity contribution in [1.82, 2.24) is 20.4 Å². The maximum Gasteiger partial charge on any atom is 0.407 e. The van der Waals surface area contributed by atoms with Gasteiger partial charge < -0.3 is 19.9 Å². The number of piperidine rings is 2. The molecule has 0 radical (unpaired) electrons. The van der Waals surface area contributed by atoms with Crippen molar-refractivity contribution in [3.05, 3.63) is 29.8 Å². The van der Waals surface area contributed by atoms with Gasteiger partial charge >= 0.3 is 6.09 Å². The van der Waals surface area contributed by atoms with Crippen molar-refractivity contribution in [3.63, 3.8) is 0 Å². The van der Waals surface area contributed by atoms with Crippen LogP contribution in [-0.4, -0.2) is 91.1 Å². The Hall–Kier alpha value is -3.14. The second-order valence-corrected chi connectivity index (χ2v) is 11.2. The fourth-order valence-corrected chi connectivity index (χ4v) is 5.13. The fourth-order valence-electron chi connectivity index (χ4n) is 5.13. The largest absolute Gasteiger partial charge is 0.444 e. The molecule has 2 N–H and O–H groups in total. The molecule has 3 heterocycles. The van der Waals surface area contributed by atoms with Crippen LogP contribution in [0.3, 0.4) is 0 Å². The molecule has 3 fully saturated rings. The van der Waals surface area contributed by atoms with E-state index in [1.165, 1.54) is 0 Å². The van der Waals surface area contributed by atoms with Crippen LogP contribution in [0.25, 0.3) is 0 Å². The second kappa shape index (κ2) is 11.5. The lowest BCUT2D eigenvalue weighted by molar-refractivity contribution is -0.135. The van der Waals surface area contributed by atoms with Gasteiger partial charge in [-0.3, -0.25) is 24.6 Å². The Morgan fingerprint density at radius 1 is 0.973 bits per heavy atom. The number of benzene rings is 1. The monoisotopic (exact) mass is 513 g/mol. The zero-order valence-electron chi connectivity index (χ0n) is 22.1. The third-order valence-electron chi connectivity index (χ3n) is 7.20. The Bertz CT molecular complexity index is 989. The average molecular weight is 514 g/mol. The topological polar surface area (TPSA) is 111 Å². The van der Waals surface area contributed by atoms with Crippen LogP contribution in [0.1, 0.15) is 57.9 Å². The number of nitrogens with zero attached hydrogens (tertiary/aromatic N) is 3. The van der Waals surface area contributed by atoms with Crippen LogP contribution in [0.5, 0.6) is 0 Å². The van der Waals surface area contributed by atoms with Crippen molar-refractivity contribution in [2.75, 3.05) is 50.7 Å². The first-order chi connectivity index (χ1) is 17.6. The molecular weight excluding hydrogens is 474 g/mol. The van der Waals surface area contributed by atoms with E-state index in [0.717, 1.165) is 50.3 Å². The minimum atomic E-state index is -0.524. The molecule has 1 atom stereocenters. The van der Waals surface area contributed by atoms with E-state index < -0.39 is 11.7 Å². The Morgan fingerprint density at radius 2 is 1.62 bits per heavy atom. The average Bonchev–Trinajstić information content (AvgIpc) is 2.84. The first-order valence-electron chi connectivity index (χ1n) is 13.3. The van der Waals surface area contributed by atoms with Gasteiger partial charge in [0.25, 0.3) is 0 Å². The van der Waals surface area contributed by atoms with Gasteiger partial charge in [0.05, 0.1) is 12.5 Å². The number of piperazine rings is 1. The molecule has 0 aromatic heterocycles. The van der Waals surface area contributed by atoms with Crippen LogP contribution in [-0.2, 0) is 19.1 Å². The second-order valence-electron chi connectivity index (χ2n) is 11.2. The van der Waals surface area contributed by atoms with Crippen molar-refractivity contribution in [1.29, 1.82) is 0 Å². The highest BCUT2D eigenvalue weighted by atomic mass is 16.6. The summed E-state index contributed by atoms with van der Waals surface area (Å²) in [6.45, 7) is 10.5. The normalized spacial score (nSPS) is 22.0. The number of amides is 4. The quantitative estimate of drug-likeness (QED) is 0.578. The zero-order valence-corrected chi connectivity index (χ0v) is 22.1. The minimum Gasteiger partial charge on any atom is -0.444 e. The summed E-state index contributed by atoms with van der Waals surface area (Å²) in [6, 6.07) is 8.06. The van der Waals surface area contributed by atoms with Gasteiger partial charge in [-0.25, -0.2) is 4.79 Å². The molecule has 37 heavy (non-hydrogen) atoms. The molecule has 1 aromatic rings. The summed E-state index contributed by atoms with van der Waals surface area (Å²) < 4.78 is 5.33. The van der Waals surface area contributed by atoms with Crippen LogP contribution >= 0.6 is 0 Å². The molecule has 3 saturated heterocycles. The summed E-state index contributed by atoms with van der Waals surface area (Å²) >= 11 is 0. The fraction of sp³-hybridized carbons (Fsp3) is 0.630.